The molecule has 2 aromatic heterocycles. The summed E-state index contributed by atoms with van der Waals surface area (Å²) in [6.07, 6.45) is 3.69. The third-order valence-electron chi connectivity index (χ3n) is 5.76. The number of halogens is 2. The monoisotopic (exact) mass is 577 g/mol. The Morgan fingerprint density at radius 1 is 1.03 bits per heavy atom. The number of nitrogens with one attached hydrogen (secondary N) is 2. The predicted octanol–water partition coefficient (Wildman–Crippen LogP) is 7.86. The van der Waals surface area contributed by atoms with Gasteiger partial charge < -0.3 is 19.3 Å². The molecule has 0 saturated heterocycles. The maximum Gasteiger partial charge on any atom is 0.250 e. The molecule has 0 aliphatic rings. The molecule has 0 saturated carbocycles. The van der Waals surface area contributed by atoms with Crippen molar-refractivity contribution in [2.45, 2.75) is 13.3 Å². The van der Waals surface area contributed by atoms with Crippen LogP contribution >= 0.6 is 35.4 Å². The molecule has 10 heteroatoms. The van der Waals surface area contributed by atoms with Gasteiger partial charge in [-0.2, -0.15) is 0 Å². The van der Waals surface area contributed by atoms with E-state index in [1.807, 2.05) is 18.2 Å². The summed E-state index contributed by atoms with van der Waals surface area (Å²) in [4.78, 5) is 16.8. The lowest BCUT2D eigenvalue weighted by atomic mass is 10.1. The number of aryl methyl sites for hydroxylation is 1. The first-order valence-electron chi connectivity index (χ1n) is 11.9. The van der Waals surface area contributed by atoms with Crippen LogP contribution in [-0.4, -0.2) is 21.1 Å². The molecule has 0 fully saturated rings. The minimum Gasteiger partial charge on any atom is -0.507 e. The summed E-state index contributed by atoms with van der Waals surface area (Å²) < 4.78 is 11.6. The van der Waals surface area contributed by atoms with E-state index in [1.54, 1.807) is 42.5 Å². The molecule has 0 spiro atoms. The normalized spacial score (nSPS) is 11.3. The van der Waals surface area contributed by atoms with Crippen molar-refractivity contribution in [3.8, 4) is 28.5 Å². The zero-order chi connectivity index (χ0) is 27.5. The Morgan fingerprint density at radius 2 is 1.82 bits per heavy atom. The van der Waals surface area contributed by atoms with Gasteiger partial charge in [0.25, 0.3) is 0 Å². The minimum absolute atomic E-state index is 0.0501. The van der Waals surface area contributed by atoms with Gasteiger partial charge in [0.1, 0.15) is 22.8 Å². The van der Waals surface area contributed by atoms with Gasteiger partial charge in [-0.3, -0.25) is 10.1 Å². The Balaban J connectivity index is 1.20. The van der Waals surface area contributed by atoms with Crippen LogP contribution in [0.25, 0.3) is 40.0 Å². The number of thiocarbonyl (C=S) groups is 1. The topological polar surface area (TPSA) is 101 Å². The Morgan fingerprint density at radius 3 is 2.56 bits per heavy atom. The fraction of sp³-hybridized carbons (Fsp3) is 0.0690. The third kappa shape index (κ3) is 6.31. The Kier molecular flexibility index (Phi) is 7.70. The van der Waals surface area contributed by atoms with Crippen LogP contribution in [0.4, 0.5) is 5.69 Å². The summed E-state index contributed by atoms with van der Waals surface area (Å²) in [6, 6.07) is 19.2. The van der Waals surface area contributed by atoms with Crippen LogP contribution in [0.3, 0.4) is 0 Å². The predicted molar refractivity (Wildman–Crippen MR) is 158 cm³/mol. The molecule has 2 heterocycles. The van der Waals surface area contributed by atoms with Gasteiger partial charge in [0, 0.05) is 33.4 Å². The molecule has 5 aromatic rings. The molecule has 39 heavy (non-hydrogen) atoms. The van der Waals surface area contributed by atoms with Crippen molar-refractivity contribution in [3.05, 3.63) is 94.2 Å². The van der Waals surface area contributed by atoms with E-state index >= 15 is 0 Å². The van der Waals surface area contributed by atoms with Crippen molar-refractivity contribution in [2.75, 3.05) is 5.32 Å². The van der Waals surface area contributed by atoms with Gasteiger partial charge in [-0.1, -0.05) is 36.2 Å². The van der Waals surface area contributed by atoms with Crippen molar-refractivity contribution in [2.24, 2.45) is 0 Å². The van der Waals surface area contributed by atoms with Gasteiger partial charge in [0.2, 0.25) is 11.8 Å². The number of phenolic OH excluding ortho intramolecular Hbond substituents is 1. The number of carbonyl (C=O) groups excluding carboxylic acids is 1. The van der Waals surface area contributed by atoms with E-state index in [-0.39, 0.29) is 10.9 Å². The standard InChI is InChI=1S/C29H21Cl2N3O4S/c1-2-16-3-8-26-23(11-16)33-28(38-26)22-7-4-20(15-24(22)35)32-29(39)34-27(36)10-6-21-5-9-25(37-21)17-12-18(30)14-19(31)13-17/h3-15,35H,2H2,1H3,(H2,32,34,36,39)/b10-6+. The highest BCUT2D eigenvalue weighted by Crippen LogP contribution is 2.33. The molecule has 0 radical (unpaired) electrons. The van der Waals surface area contributed by atoms with Crippen LogP contribution in [0.2, 0.25) is 10.0 Å². The Bertz CT molecular complexity index is 1720. The van der Waals surface area contributed by atoms with E-state index in [0.717, 1.165) is 23.1 Å². The number of nitrogens with zero attached hydrogens (tertiary/aromatic N) is 1. The number of furan rings is 1. The highest BCUT2D eigenvalue weighted by atomic mass is 35.5. The number of anilines is 1. The number of oxazole rings is 1. The van der Waals surface area contributed by atoms with Crippen LogP contribution in [0, 0.1) is 0 Å². The van der Waals surface area contributed by atoms with Crippen LogP contribution in [-0.2, 0) is 11.2 Å². The molecular formula is C29H21Cl2N3O4S. The first kappa shape index (κ1) is 26.5. The SMILES string of the molecule is CCc1ccc2oc(-c3ccc(NC(=S)NC(=O)/C=C/c4ccc(-c5cc(Cl)cc(Cl)c5)o4)cc3O)nc2c1. The van der Waals surface area contributed by atoms with Crippen molar-refractivity contribution >= 4 is 69.3 Å². The summed E-state index contributed by atoms with van der Waals surface area (Å²) in [5.41, 5.74) is 4.14. The van der Waals surface area contributed by atoms with E-state index in [0.29, 0.717) is 44.3 Å². The fourth-order valence-electron chi connectivity index (χ4n) is 3.87. The highest BCUT2D eigenvalue weighted by Gasteiger charge is 2.14. The quantitative estimate of drug-likeness (QED) is 0.139. The number of aromatic hydroxyl groups is 1. The highest BCUT2D eigenvalue weighted by molar-refractivity contribution is 7.80. The number of hydrogen-bond acceptors (Lipinski definition) is 6. The van der Waals surface area contributed by atoms with Crippen LogP contribution < -0.4 is 10.6 Å². The minimum atomic E-state index is -0.463. The average Bonchev–Trinajstić information content (AvgIpc) is 3.53. The number of hydrogen-bond donors (Lipinski definition) is 3. The molecule has 0 aliphatic heterocycles. The summed E-state index contributed by atoms with van der Waals surface area (Å²) in [6.45, 7) is 2.07. The van der Waals surface area contributed by atoms with E-state index in [2.05, 4.69) is 22.5 Å². The lowest BCUT2D eigenvalue weighted by molar-refractivity contribution is -0.115. The number of phenols is 1. The molecule has 0 atom stereocenters. The third-order valence-corrected chi connectivity index (χ3v) is 6.40. The summed E-state index contributed by atoms with van der Waals surface area (Å²) in [5, 5.41) is 17.0. The first-order chi connectivity index (χ1) is 18.8. The molecule has 1 amide bonds. The van der Waals surface area contributed by atoms with Crippen molar-refractivity contribution in [3.63, 3.8) is 0 Å². The fourth-order valence-corrected chi connectivity index (χ4v) is 4.61. The van der Waals surface area contributed by atoms with Crippen molar-refractivity contribution in [1.82, 2.24) is 10.3 Å². The van der Waals surface area contributed by atoms with E-state index in [1.165, 1.54) is 18.2 Å². The second-order valence-corrected chi connectivity index (χ2v) is 9.82. The lowest BCUT2D eigenvalue weighted by Crippen LogP contribution is -2.32. The smallest absolute Gasteiger partial charge is 0.250 e. The molecular weight excluding hydrogens is 557 g/mol. The molecule has 5 rings (SSSR count). The van der Waals surface area contributed by atoms with Gasteiger partial charge in [-0.25, -0.2) is 4.98 Å². The first-order valence-corrected chi connectivity index (χ1v) is 13.0. The molecule has 0 bridgehead atoms. The van der Waals surface area contributed by atoms with E-state index < -0.39 is 5.91 Å². The summed E-state index contributed by atoms with van der Waals surface area (Å²) >= 11 is 17.3. The number of benzene rings is 3. The Hall–Kier alpha value is -4.11. The van der Waals surface area contributed by atoms with E-state index in [4.69, 9.17) is 44.3 Å². The van der Waals surface area contributed by atoms with Gasteiger partial charge in [0.05, 0.1) is 5.56 Å². The van der Waals surface area contributed by atoms with Crippen molar-refractivity contribution in [1.29, 1.82) is 0 Å². The lowest BCUT2D eigenvalue weighted by Gasteiger charge is -2.09. The molecule has 3 N–H and O–H groups in total. The number of fused-ring (bicyclic) bond motifs is 1. The molecule has 7 nitrogen and oxygen atoms in total. The van der Waals surface area contributed by atoms with Gasteiger partial charge in [-0.05, 0) is 84.9 Å². The Labute approximate surface area is 239 Å². The summed E-state index contributed by atoms with van der Waals surface area (Å²) in [7, 11) is 0. The van der Waals surface area contributed by atoms with E-state index in [9.17, 15) is 9.90 Å². The largest absolute Gasteiger partial charge is 0.507 e. The zero-order valence-corrected chi connectivity index (χ0v) is 22.8. The second-order valence-electron chi connectivity index (χ2n) is 8.54. The zero-order valence-electron chi connectivity index (χ0n) is 20.5. The number of rotatable bonds is 6. The van der Waals surface area contributed by atoms with Crippen LogP contribution in [0.15, 0.2) is 81.6 Å². The molecule has 3 aromatic carbocycles. The van der Waals surface area contributed by atoms with Crippen LogP contribution in [0.1, 0.15) is 18.2 Å². The average molecular weight is 578 g/mol. The summed E-state index contributed by atoms with van der Waals surface area (Å²) in [5.74, 6) is 0.813. The van der Waals surface area contributed by atoms with Gasteiger partial charge >= 0.3 is 0 Å². The molecule has 0 aliphatic carbocycles. The molecule has 0 unspecified atom stereocenters. The number of aromatic nitrogens is 1. The maximum atomic E-state index is 12.3. The van der Waals surface area contributed by atoms with Gasteiger partial charge in [-0.15, -0.1) is 0 Å². The maximum absolute atomic E-state index is 12.3. The van der Waals surface area contributed by atoms with Gasteiger partial charge in [0.15, 0.2) is 10.7 Å². The van der Waals surface area contributed by atoms with Crippen LogP contribution in [0.5, 0.6) is 5.75 Å². The number of amides is 1. The second kappa shape index (κ2) is 11.3. The number of carbonyl (C=O) groups is 1. The van der Waals surface area contributed by atoms with Crippen molar-refractivity contribution < 1.29 is 18.7 Å². The molecule has 196 valence electrons.